The first-order valence-corrected chi connectivity index (χ1v) is 18.0. The van der Waals surface area contributed by atoms with Gasteiger partial charge >= 0.3 is 6.01 Å². The highest BCUT2D eigenvalue weighted by atomic mass is 35.5. The van der Waals surface area contributed by atoms with Gasteiger partial charge in [0.15, 0.2) is 18.1 Å². The summed E-state index contributed by atoms with van der Waals surface area (Å²) in [6.45, 7) is 7.14. The van der Waals surface area contributed by atoms with E-state index in [1.165, 1.54) is 0 Å². The van der Waals surface area contributed by atoms with Gasteiger partial charge in [0.25, 0.3) is 0 Å². The smallest absolute Gasteiger partial charge is 0.319 e. The quantitative estimate of drug-likeness (QED) is 0.102. The largest absolute Gasteiger partial charge is 0.461 e. The molecule has 0 saturated carbocycles. The van der Waals surface area contributed by atoms with E-state index in [9.17, 15) is 4.39 Å². The summed E-state index contributed by atoms with van der Waals surface area (Å²) in [6, 6.07) is 1.86. The highest BCUT2D eigenvalue weighted by molar-refractivity contribution is 6.33. The molecule has 266 valence electrons. The zero-order valence-electron chi connectivity index (χ0n) is 28.6. The predicted octanol–water partition coefficient (Wildman–Crippen LogP) is 7.50. The molecular weight excluding hydrogens is 664 g/mol. The lowest BCUT2D eigenvalue weighted by Crippen LogP contribution is -2.45. The molecule has 0 bridgehead atoms. The van der Waals surface area contributed by atoms with E-state index in [-0.39, 0.29) is 41.0 Å². The average Bonchev–Trinajstić information content (AvgIpc) is 3.84. The van der Waals surface area contributed by atoms with Crippen molar-refractivity contribution in [3.63, 3.8) is 0 Å². The van der Waals surface area contributed by atoms with E-state index in [1.807, 2.05) is 18.7 Å². The Kier molecular flexibility index (Phi) is 9.64. The maximum absolute atomic E-state index is 17.3. The zero-order chi connectivity index (χ0) is 35.0. The van der Waals surface area contributed by atoms with Crippen LogP contribution in [0, 0.1) is 28.0 Å². The van der Waals surface area contributed by atoms with Crippen molar-refractivity contribution >= 4 is 51.5 Å². The molecule has 14 heteroatoms. The number of H-pyrrole nitrogens is 1. The molecule has 0 spiro atoms. The number of ether oxygens (including phenoxy) is 2. The minimum Gasteiger partial charge on any atom is -0.461 e. The first-order valence-electron chi connectivity index (χ1n) is 17.6. The number of pyridine rings is 1. The number of benzene rings is 1. The van der Waals surface area contributed by atoms with E-state index in [1.54, 1.807) is 18.5 Å². The molecule has 4 aromatic rings. The van der Waals surface area contributed by atoms with Gasteiger partial charge in [0.2, 0.25) is 0 Å². The number of anilines is 1. The maximum atomic E-state index is 17.3. The molecule has 0 radical (unpaired) electrons. The molecule has 3 aliphatic heterocycles. The van der Waals surface area contributed by atoms with Gasteiger partial charge in [-0.25, -0.2) is 4.39 Å². The fourth-order valence-corrected chi connectivity index (χ4v) is 8.75. The van der Waals surface area contributed by atoms with Crippen molar-refractivity contribution < 1.29 is 18.3 Å². The average molecular weight is 708 g/mol. The molecule has 11 nitrogen and oxygen atoms in total. The second-order valence-corrected chi connectivity index (χ2v) is 14.9. The number of fused-ring (bicyclic) bond motifs is 3. The van der Waals surface area contributed by atoms with Gasteiger partial charge in [0.1, 0.15) is 23.6 Å². The van der Waals surface area contributed by atoms with E-state index in [4.69, 9.17) is 46.8 Å². The summed E-state index contributed by atoms with van der Waals surface area (Å²) < 4.78 is 43.1. The zero-order valence-corrected chi connectivity index (χ0v) is 29.4. The fraction of sp³-hybridized carbons (Fsp3) is 0.556. The number of piperidine rings is 1. The lowest BCUT2D eigenvalue weighted by molar-refractivity contribution is 0.107. The Morgan fingerprint density at radius 2 is 1.92 bits per heavy atom. The van der Waals surface area contributed by atoms with Gasteiger partial charge in [0.05, 0.1) is 29.3 Å². The van der Waals surface area contributed by atoms with Gasteiger partial charge in [-0.1, -0.05) is 25.4 Å². The van der Waals surface area contributed by atoms with E-state index >= 15 is 4.39 Å². The van der Waals surface area contributed by atoms with Gasteiger partial charge in [-0.15, -0.1) is 0 Å². The van der Waals surface area contributed by atoms with Crippen molar-refractivity contribution in [1.29, 1.82) is 10.8 Å². The van der Waals surface area contributed by atoms with E-state index in [0.717, 1.165) is 58.0 Å². The van der Waals surface area contributed by atoms with Crippen molar-refractivity contribution in [1.82, 2.24) is 30.0 Å². The number of hydrogen-bond acceptors (Lipinski definition) is 10. The molecule has 50 heavy (non-hydrogen) atoms. The fourth-order valence-electron chi connectivity index (χ4n) is 8.47. The highest BCUT2D eigenvalue weighted by Crippen LogP contribution is 2.43. The summed E-state index contributed by atoms with van der Waals surface area (Å²) in [5.41, 5.74) is 1.35. The molecule has 0 amide bonds. The van der Waals surface area contributed by atoms with Crippen LogP contribution in [0.25, 0.3) is 33.1 Å². The summed E-state index contributed by atoms with van der Waals surface area (Å²) >= 11 is 6.87. The third-order valence-corrected chi connectivity index (χ3v) is 11.6. The number of nitrogens with zero attached hydrogens (tertiary/aromatic N) is 6. The Morgan fingerprint density at radius 1 is 1.14 bits per heavy atom. The summed E-state index contributed by atoms with van der Waals surface area (Å²) in [7, 11) is 0. The van der Waals surface area contributed by atoms with Crippen LogP contribution in [0.15, 0.2) is 18.5 Å². The van der Waals surface area contributed by atoms with E-state index < -0.39 is 17.9 Å². The van der Waals surface area contributed by atoms with Gasteiger partial charge in [-0.3, -0.25) is 30.2 Å². The molecule has 0 aliphatic carbocycles. The van der Waals surface area contributed by atoms with Crippen molar-refractivity contribution in [3.8, 4) is 17.3 Å². The summed E-state index contributed by atoms with van der Waals surface area (Å²) in [5.74, 6) is -0.310. The molecule has 2 unspecified atom stereocenters. The van der Waals surface area contributed by atoms with Crippen LogP contribution in [0.3, 0.4) is 0 Å². The molecule has 3 fully saturated rings. The molecule has 1 aromatic carbocycles. The van der Waals surface area contributed by atoms with Crippen LogP contribution < -0.4 is 9.64 Å². The number of rotatable bonds is 12. The monoisotopic (exact) mass is 707 g/mol. The maximum Gasteiger partial charge on any atom is 0.319 e. The third kappa shape index (κ3) is 6.27. The van der Waals surface area contributed by atoms with Crippen molar-refractivity contribution in [2.24, 2.45) is 11.3 Å². The number of alkyl halides is 1. The SMILES string of the molecule is CCC1(CF)CCCN(c2nc(OCC34CCCN3CCC4)nc3c(F)c(-c4c(CC(C)CC(=N)OC=N)c(Cl)cc5[nH]ncc45)ncc23)C1. The standard InChI is InChI=1S/C36H44ClF2N9O2/c1-3-35(18-38)7-4-10-47(19-35)33-25-16-42-32(30(39)31(25)44-34(45-33)49-20-36-8-5-11-48(36)12-6-9-36)29-23(13-22(2)14-28(41)50-21-40)26(37)15-27-24(29)17-43-46-27/h15-17,21-22,40-41H,3-14,18-20H2,1-2H3,(H,43,46). The van der Waals surface area contributed by atoms with Gasteiger partial charge < -0.3 is 14.4 Å². The van der Waals surface area contributed by atoms with E-state index in [0.29, 0.717) is 70.8 Å². The molecule has 3 aromatic heterocycles. The third-order valence-electron chi connectivity index (χ3n) is 11.2. The first-order chi connectivity index (χ1) is 24.2. The predicted molar refractivity (Wildman–Crippen MR) is 191 cm³/mol. The Bertz CT molecular complexity index is 1910. The molecular formula is C36H44ClF2N9O2. The number of aromatic nitrogens is 5. The van der Waals surface area contributed by atoms with Crippen LogP contribution in [0.5, 0.6) is 6.01 Å². The van der Waals surface area contributed by atoms with Crippen LogP contribution in [-0.2, 0) is 11.2 Å². The number of halogens is 3. The first kappa shape index (κ1) is 34.5. The van der Waals surface area contributed by atoms with Crippen LogP contribution in [0.4, 0.5) is 14.6 Å². The number of aromatic amines is 1. The summed E-state index contributed by atoms with van der Waals surface area (Å²) in [4.78, 5) is 18.9. The lowest BCUT2D eigenvalue weighted by atomic mass is 9.79. The lowest BCUT2D eigenvalue weighted by Gasteiger charge is -2.41. The summed E-state index contributed by atoms with van der Waals surface area (Å²) in [6.07, 6.45) is 11.2. The second kappa shape index (κ2) is 14.0. The Balaban J connectivity index is 1.35. The number of hydrogen-bond donors (Lipinski definition) is 3. The van der Waals surface area contributed by atoms with Crippen molar-refractivity contribution in [2.75, 3.05) is 44.4 Å². The van der Waals surface area contributed by atoms with Crippen LogP contribution in [0.1, 0.15) is 70.8 Å². The topological polar surface area (TPSA) is 140 Å². The number of nitrogens with one attached hydrogen (secondary N) is 3. The van der Waals surface area contributed by atoms with Crippen LogP contribution in [0.2, 0.25) is 5.02 Å². The van der Waals surface area contributed by atoms with E-state index in [2.05, 4.69) is 15.1 Å². The van der Waals surface area contributed by atoms with Gasteiger partial charge in [-0.2, -0.15) is 15.1 Å². The minimum atomic E-state index is -0.639. The minimum absolute atomic E-state index is 0.0447. The summed E-state index contributed by atoms with van der Waals surface area (Å²) in [5, 5.41) is 23.9. The normalized spacial score (nSPS) is 21.1. The second-order valence-electron chi connectivity index (χ2n) is 14.4. The molecule has 3 aliphatic rings. The van der Waals surface area contributed by atoms with Gasteiger partial charge in [0, 0.05) is 47.1 Å². The molecule has 7 rings (SSSR count). The Labute approximate surface area is 295 Å². The Hall–Kier alpha value is -3.97. The molecule has 6 heterocycles. The Morgan fingerprint density at radius 3 is 2.66 bits per heavy atom. The van der Waals surface area contributed by atoms with Crippen LogP contribution >= 0.6 is 11.6 Å². The van der Waals surface area contributed by atoms with Crippen LogP contribution in [-0.4, -0.2) is 87.3 Å². The molecule has 3 saturated heterocycles. The highest BCUT2D eigenvalue weighted by Gasteiger charge is 2.45. The molecule has 2 atom stereocenters. The van der Waals surface area contributed by atoms with Crippen molar-refractivity contribution in [2.45, 2.75) is 77.2 Å². The van der Waals surface area contributed by atoms with Gasteiger partial charge in [-0.05, 0) is 82.0 Å². The molecule has 3 N–H and O–H groups in total. The van der Waals surface area contributed by atoms with Crippen molar-refractivity contribution in [3.05, 3.63) is 34.9 Å².